The maximum absolute atomic E-state index is 5.25. The van der Waals surface area contributed by atoms with Crippen molar-refractivity contribution >= 4 is 6.21 Å². The van der Waals surface area contributed by atoms with E-state index in [0.717, 1.165) is 44.0 Å². The molecule has 1 saturated heterocycles. The molecule has 0 aromatic heterocycles. The van der Waals surface area contributed by atoms with Crippen molar-refractivity contribution in [2.24, 2.45) is 5.10 Å². The Kier molecular flexibility index (Phi) is 5.71. The van der Waals surface area contributed by atoms with Gasteiger partial charge in [0.2, 0.25) is 0 Å². The van der Waals surface area contributed by atoms with Gasteiger partial charge in [0.25, 0.3) is 0 Å². The number of nitrogens with zero attached hydrogens (tertiary/aromatic N) is 3. The van der Waals surface area contributed by atoms with Crippen LogP contribution in [0.2, 0.25) is 0 Å². The van der Waals surface area contributed by atoms with Crippen LogP contribution in [0.4, 0.5) is 0 Å². The zero-order valence-electron chi connectivity index (χ0n) is 15.4. The zero-order chi connectivity index (χ0) is 17.6. The second-order valence-corrected chi connectivity index (χ2v) is 6.68. The summed E-state index contributed by atoms with van der Waals surface area (Å²) in [6, 6.07) is 14.7. The van der Waals surface area contributed by atoms with Gasteiger partial charge in [-0.3, -0.25) is 9.91 Å². The lowest BCUT2D eigenvalue weighted by atomic mass is 10.1. The van der Waals surface area contributed by atoms with Crippen LogP contribution in [0.5, 0.6) is 5.75 Å². The van der Waals surface area contributed by atoms with Gasteiger partial charge in [0.05, 0.1) is 13.3 Å². The summed E-state index contributed by atoms with van der Waals surface area (Å²) < 4.78 is 5.25. The Bertz CT molecular complexity index is 734. The minimum Gasteiger partial charge on any atom is -0.497 e. The molecule has 25 heavy (non-hydrogen) atoms. The fraction of sp³-hybridized carbons (Fsp3) is 0.381. The summed E-state index contributed by atoms with van der Waals surface area (Å²) in [5.41, 5.74) is 5.22. The molecule has 0 amide bonds. The number of hydrogen-bond donors (Lipinski definition) is 0. The molecule has 1 fully saturated rings. The summed E-state index contributed by atoms with van der Waals surface area (Å²) in [5.74, 6) is 0.863. The predicted molar refractivity (Wildman–Crippen MR) is 103 cm³/mol. The van der Waals surface area contributed by atoms with E-state index in [1.807, 2.05) is 30.5 Å². The second-order valence-electron chi connectivity index (χ2n) is 6.68. The summed E-state index contributed by atoms with van der Waals surface area (Å²) in [7, 11) is 1.69. The highest BCUT2D eigenvalue weighted by molar-refractivity contribution is 5.79. The molecule has 2 aromatic carbocycles. The van der Waals surface area contributed by atoms with Gasteiger partial charge >= 0.3 is 0 Å². The number of aryl methyl sites for hydroxylation is 2. The molecule has 0 unspecified atom stereocenters. The molecule has 0 N–H and O–H groups in total. The van der Waals surface area contributed by atoms with Crippen LogP contribution in [0.3, 0.4) is 0 Å². The monoisotopic (exact) mass is 337 g/mol. The lowest BCUT2D eigenvalue weighted by Gasteiger charge is -2.33. The van der Waals surface area contributed by atoms with E-state index in [-0.39, 0.29) is 0 Å². The summed E-state index contributed by atoms with van der Waals surface area (Å²) in [5, 5.41) is 6.78. The maximum atomic E-state index is 5.25. The lowest BCUT2D eigenvalue weighted by molar-refractivity contribution is 0.131. The number of ether oxygens (including phenoxy) is 1. The van der Waals surface area contributed by atoms with E-state index in [9.17, 15) is 0 Å². The Morgan fingerprint density at radius 3 is 2.56 bits per heavy atom. The number of methoxy groups -OCH3 is 1. The lowest BCUT2D eigenvalue weighted by Crippen LogP contribution is -2.43. The van der Waals surface area contributed by atoms with Crippen molar-refractivity contribution in [3.8, 4) is 5.75 Å². The first-order valence-corrected chi connectivity index (χ1v) is 8.85. The first kappa shape index (κ1) is 17.5. The number of hydrogen-bond acceptors (Lipinski definition) is 4. The number of benzene rings is 2. The minimum atomic E-state index is 0.863. The van der Waals surface area contributed by atoms with Gasteiger partial charge in [-0.05, 0) is 42.7 Å². The third kappa shape index (κ3) is 4.83. The van der Waals surface area contributed by atoms with Crippen LogP contribution < -0.4 is 4.74 Å². The highest BCUT2D eigenvalue weighted by atomic mass is 16.5. The van der Waals surface area contributed by atoms with Crippen LogP contribution in [0, 0.1) is 13.8 Å². The van der Waals surface area contributed by atoms with E-state index in [0.29, 0.717) is 0 Å². The fourth-order valence-electron chi connectivity index (χ4n) is 3.15. The largest absolute Gasteiger partial charge is 0.497 e. The molecule has 0 saturated carbocycles. The van der Waals surface area contributed by atoms with Crippen molar-refractivity contribution in [2.45, 2.75) is 20.4 Å². The average Bonchev–Trinajstić information content (AvgIpc) is 2.63. The smallest absolute Gasteiger partial charge is 0.119 e. The van der Waals surface area contributed by atoms with Crippen LogP contribution in [-0.2, 0) is 6.54 Å². The fourth-order valence-corrected chi connectivity index (χ4v) is 3.15. The van der Waals surface area contributed by atoms with Gasteiger partial charge in [0, 0.05) is 32.7 Å². The first-order valence-electron chi connectivity index (χ1n) is 8.85. The van der Waals surface area contributed by atoms with Gasteiger partial charge in [-0.2, -0.15) is 5.10 Å². The molecule has 0 aliphatic carbocycles. The van der Waals surface area contributed by atoms with Crippen molar-refractivity contribution in [2.75, 3.05) is 33.3 Å². The summed E-state index contributed by atoms with van der Waals surface area (Å²) in [4.78, 5) is 2.51. The Labute approximate surface area is 150 Å². The second kappa shape index (κ2) is 8.17. The van der Waals surface area contributed by atoms with Crippen molar-refractivity contribution < 1.29 is 4.74 Å². The molecule has 3 rings (SSSR count). The predicted octanol–water partition coefficient (Wildman–Crippen LogP) is 3.46. The number of rotatable bonds is 5. The highest BCUT2D eigenvalue weighted by Crippen LogP contribution is 2.15. The minimum absolute atomic E-state index is 0.863. The molecule has 0 spiro atoms. The summed E-state index contributed by atoms with van der Waals surface area (Å²) in [6.07, 6.45) is 1.92. The standard InChI is InChI=1S/C21H27N3O/c1-17-7-8-20(18(2)13-17)16-23-9-11-24(12-10-23)22-15-19-5-4-6-21(14-19)25-3/h4-8,13-15H,9-12,16H2,1-3H3. The number of piperazine rings is 1. The van der Waals surface area contributed by atoms with Gasteiger partial charge in [0.1, 0.15) is 5.75 Å². The Morgan fingerprint density at radius 1 is 1.04 bits per heavy atom. The highest BCUT2D eigenvalue weighted by Gasteiger charge is 2.16. The third-order valence-corrected chi connectivity index (χ3v) is 4.70. The van der Waals surface area contributed by atoms with Crippen molar-refractivity contribution in [1.29, 1.82) is 0 Å². The van der Waals surface area contributed by atoms with Crippen LogP contribution in [0.25, 0.3) is 0 Å². The molecule has 4 heteroatoms. The van der Waals surface area contributed by atoms with Gasteiger partial charge in [-0.25, -0.2) is 0 Å². The van der Waals surface area contributed by atoms with Crippen LogP contribution in [0.1, 0.15) is 22.3 Å². The number of hydrazone groups is 1. The molecule has 0 bridgehead atoms. The third-order valence-electron chi connectivity index (χ3n) is 4.70. The van der Waals surface area contributed by atoms with E-state index in [4.69, 9.17) is 4.74 Å². The average molecular weight is 337 g/mol. The molecule has 0 atom stereocenters. The van der Waals surface area contributed by atoms with Gasteiger partial charge in [0.15, 0.2) is 0 Å². The van der Waals surface area contributed by atoms with Crippen LogP contribution >= 0.6 is 0 Å². The molecule has 1 aliphatic rings. The zero-order valence-corrected chi connectivity index (χ0v) is 15.4. The normalized spacial score (nSPS) is 15.7. The quantitative estimate of drug-likeness (QED) is 0.782. The van der Waals surface area contributed by atoms with E-state index in [2.05, 4.69) is 47.1 Å². The molecular weight excluding hydrogens is 310 g/mol. The van der Waals surface area contributed by atoms with Crippen LogP contribution in [0.15, 0.2) is 47.6 Å². The molecule has 1 aliphatic heterocycles. The van der Waals surface area contributed by atoms with E-state index in [1.165, 1.54) is 16.7 Å². The van der Waals surface area contributed by atoms with E-state index in [1.54, 1.807) is 7.11 Å². The maximum Gasteiger partial charge on any atom is 0.119 e. The SMILES string of the molecule is COc1cccc(C=NN2CCN(Cc3ccc(C)cc3C)CC2)c1. The molecule has 1 heterocycles. The van der Waals surface area contributed by atoms with E-state index < -0.39 is 0 Å². The molecular formula is C21H27N3O. The van der Waals surface area contributed by atoms with Gasteiger partial charge < -0.3 is 4.74 Å². The summed E-state index contributed by atoms with van der Waals surface area (Å²) >= 11 is 0. The van der Waals surface area contributed by atoms with Crippen molar-refractivity contribution in [3.05, 3.63) is 64.7 Å². The molecule has 132 valence electrons. The van der Waals surface area contributed by atoms with E-state index >= 15 is 0 Å². The van der Waals surface area contributed by atoms with Gasteiger partial charge in [-0.15, -0.1) is 0 Å². The topological polar surface area (TPSA) is 28.1 Å². The van der Waals surface area contributed by atoms with Crippen molar-refractivity contribution in [1.82, 2.24) is 9.91 Å². The Morgan fingerprint density at radius 2 is 1.84 bits per heavy atom. The molecule has 4 nitrogen and oxygen atoms in total. The summed E-state index contributed by atoms with van der Waals surface area (Å²) in [6.45, 7) is 9.40. The van der Waals surface area contributed by atoms with Crippen molar-refractivity contribution in [3.63, 3.8) is 0 Å². The van der Waals surface area contributed by atoms with Crippen LogP contribution in [-0.4, -0.2) is 49.4 Å². The Hall–Kier alpha value is -2.33. The molecule has 2 aromatic rings. The molecule has 0 radical (unpaired) electrons. The Balaban J connectivity index is 1.52. The van der Waals surface area contributed by atoms with Gasteiger partial charge in [-0.1, -0.05) is 35.9 Å². The first-order chi connectivity index (χ1) is 12.1.